The molecule has 8 atom stereocenters. The van der Waals surface area contributed by atoms with Crippen molar-refractivity contribution >= 4 is 139 Å². The van der Waals surface area contributed by atoms with E-state index in [1.807, 2.05) is 0 Å². The van der Waals surface area contributed by atoms with Gasteiger partial charge in [-0.05, 0) is 30.1 Å². The monoisotopic (exact) mass is 606 g/mol. The number of allylic oxidation sites excluding steroid dienone is 4. The zero-order valence-corrected chi connectivity index (χ0v) is 21.6. The van der Waals surface area contributed by atoms with Gasteiger partial charge in [0.2, 0.25) is 0 Å². The Labute approximate surface area is 215 Å². The molecule has 3 fully saturated rings. The SMILES string of the molecule is ClC1=C(Cl)[C@@]2(Cl)[C@H]3C[C@H]4[C@@H]([C@@H]3[C@@]1(Cl)C2(Cl)Cl)[C@@]1(Cl)C(Cl)=C(Cl)[C@@]4(Cl)C1(Cl)Cl. The average molecular weight is 612 g/mol. The van der Waals surface area contributed by atoms with Gasteiger partial charge < -0.3 is 0 Å². The summed E-state index contributed by atoms with van der Waals surface area (Å²) in [6.07, 6.45) is 0.397. The Kier molecular flexibility index (Phi) is 4.47. The lowest BCUT2D eigenvalue weighted by Crippen LogP contribution is -2.51. The van der Waals surface area contributed by atoms with Crippen LogP contribution >= 0.6 is 139 Å². The Morgan fingerprint density at radius 3 is 1.04 bits per heavy atom. The first-order valence-electron chi connectivity index (χ1n) is 7.74. The molecule has 0 aromatic carbocycles. The average Bonchev–Trinajstić information content (AvgIpc) is 3.16. The normalized spacial score (nSPS) is 59.1. The molecule has 0 N–H and O–H groups in total. The van der Waals surface area contributed by atoms with Crippen LogP contribution in [0.4, 0.5) is 0 Å². The van der Waals surface area contributed by atoms with Gasteiger partial charge in [-0.2, -0.15) is 0 Å². The molecule has 0 unspecified atom stereocenters. The van der Waals surface area contributed by atoms with Gasteiger partial charge in [0.1, 0.15) is 19.5 Å². The van der Waals surface area contributed by atoms with Gasteiger partial charge in [-0.3, -0.25) is 0 Å². The second-order valence-corrected chi connectivity index (χ2v) is 14.3. The highest BCUT2D eigenvalue weighted by molar-refractivity contribution is 6.67. The summed E-state index contributed by atoms with van der Waals surface area (Å²) in [6.45, 7) is 0. The van der Waals surface area contributed by atoms with Gasteiger partial charge in [-0.1, -0.05) is 92.8 Å². The third-order valence-corrected chi connectivity index (χ3v) is 15.8. The predicted molar refractivity (Wildman–Crippen MR) is 119 cm³/mol. The molecule has 0 nitrogen and oxygen atoms in total. The van der Waals surface area contributed by atoms with Crippen molar-refractivity contribution in [2.24, 2.45) is 23.7 Å². The molecule has 12 heteroatoms. The first-order valence-corrected chi connectivity index (χ1v) is 12.3. The van der Waals surface area contributed by atoms with E-state index in [2.05, 4.69) is 0 Å². The zero-order valence-electron chi connectivity index (χ0n) is 12.6. The van der Waals surface area contributed by atoms with Crippen molar-refractivity contribution in [3.05, 3.63) is 20.1 Å². The van der Waals surface area contributed by atoms with Crippen molar-refractivity contribution in [2.75, 3.05) is 0 Å². The lowest BCUT2D eigenvalue weighted by molar-refractivity contribution is 0.258. The highest BCUT2D eigenvalue weighted by Gasteiger charge is 2.92. The standard InChI is InChI=1S/C15H6Cl12/c16-6-8(18)12(22)4-2(10(6,20)14(12,24)25)1-3-5(4)13(23)9(19)7(17)11(3,21)15(13,26)27/h2-5H,1H2/t2-,3-,4-,5+,10+,11-,12+,13-/m0/s1. The molecule has 3 saturated carbocycles. The van der Waals surface area contributed by atoms with Crippen molar-refractivity contribution in [3.8, 4) is 0 Å². The van der Waals surface area contributed by atoms with E-state index >= 15 is 0 Å². The summed E-state index contributed by atoms with van der Waals surface area (Å²) in [7, 11) is 0. The molecule has 27 heavy (non-hydrogen) atoms. The van der Waals surface area contributed by atoms with E-state index in [1.54, 1.807) is 0 Å². The summed E-state index contributed by atoms with van der Waals surface area (Å²) in [4.78, 5) is -5.83. The second-order valence-electron chi connectivity index (χ2n) is 7.75. The molecular weight excluding hydrogens is 606 g/mol. The summed E-state index contributed by atoms with van der Waals surface area (Å²) in [5, 5.41) is 0.417. The van der Waals surface area contributed by atoms with Crippen molar-refractivity contribution in [2.45, 2.75) is 34.6 Å². The Hall–Kier alpha value is 2.96. The van der Waals surface area contributed by atoms with Gasteiger partial charge in [-0.25, -0.2) is 0 Å². The summed E-state index contributed by atoms with van der Waals surface area (Å²) in [5.74, 6) is -1.82. The number of halogens is 12. The summed E-state index contributed by atoms with van der Waals surface area (Å²) in [6, 6.07) is 0. The van der Waals surface area contributed by atoms with Crippen molar-refractivity contribution < 1.29 is 0 Å². The Bertz CT molecular complexity index is 806. The molecule has 0 saturated heterocycles. The molecule has 0 radical (unpaired) electrons. The van der Waals surface area contributed by atoms with Crippen LogP contribution in [0.1, 0.15) is 6.42 Å². The number of alkyl halides is 8. The lowest BCUT2D eigenvalue weighted by Gasteiger charge is -2.43. The molecular formula is C15H6Cl12. The number of hydrogen-bond donors (Lipinski definition) is 0. The molecule has 5 aliphatic carbocycles. The van der Waals surface area contributed by atoms with Crippen LogP contribution in [0.25, 0.3) is 0 Å². The maximum Gasteiger partial charge on any atom is 0.166 e. The zero-order chi connectivity index (χ0) is 20.3. The number of rotatable bonds is 0. The maximum atomic E-state index is 7.01. The summed E-state index contributed by atoms with van der Waals surface area (Å²) < 4.78 is -3.37. The molecule has 0 aromatic heterocycles. The van der Waals surface area contributed by atoms with E-state index in [-0.39, 0.29) is 32.0 Å². The lowest BCUT2D eigenvalue weighted by atomic mass is 9.74. The van der Waals surface area contributed by atoms with E-state index in [9.17, 15) is 0 Å². The first-order chi connectivity index (χ1) is 12.1. The highest BCUT2D eigenvalue weighted by Crippen LogP contribution is 2.88. The van der Waals surface area contributed by atoms with Crippen LogP contribution < -0.4 is 0 Å². The second kappa shape index (κ2) is 5.53. The fourth-order valence-corrected chi connectivity index (χ4v) is 12.4. The van der Waals surface area contributed by atoms with E-state index < -0.39 is 40.0 Å². The van der Waals surface area contributed by atoms with E-state index in [4.69, 9.17) is 139 Å². The quantitative estimate of drug-likeness (QED) is 0.241. The smallest absolute Gasteiger partial charge is 0.109 e. The topological polar surface area (TPSA) is 0 Å². The Morgan fingerprint density at radius 2 is 0.741 bits per heavy atom. The highest BCUT2D eigenvalue weighted by atomic mass is 35.5. The van der Waals surface area contributed by atoms with E-state index in [1.165, 1.54) is 0 Å². The van der Waals surface area contributed by atoms with Gasteiger partial charge >= 0.3 is 0 Å². The molecule has 150 valence electrons. The number of fused-ring (bicyclic) bond motifs is 11. The van der Waals surface area contributed by atoms with Crippen molar-refractivity contribution in [1.29, 1.82) is 0 Å². The van der Waals surface area contributed by atoms with Crippen LogP contribution in [0.2, 0.25) is 0 Å². The van der Waals surface area contributed by atoms with Crippen molar-refractivity contribution in [3.63, 3.8) is 0 Å². The van der Waals surface area contributed by atoms with Crippen LogP contribution in [-0.2, 0) is 0 Å². The predicted octanol–water partition coefficient (Wildman–Crippen LogP) is 8.55. The van der Waals surface area contributed by atoms with E-state index in [0.29, 0.717) is 6.42 Å². The molecule has 0 spiro atoms. The summed E-state index contributed by atoms with van der Waals surface area (Å²) >= 11 is 80.6. The van der Waals surface area contributed by atoms with Crippen LogP contribution in [-0.4, -0.2) is 28.2 Å². The first kappa shape index (κ1) is 21.8. The largest absolute Gasteiger partial charge is 0.166 e. The van der Waals surface area contributed by atoms with Gasteiger partial charge in [-0.15, -0.1) is 46.4 Å². The molecule has 0 aromatic rings. The van der Waals surface area contributed by atoms with Gasteiger partial charge in [0.25, 0.3) is 0 Å². The fourth-order valence-electron chi connectivity index (χ4n) is 6.16. The fraction of sp³-hybridized carbons (Fsp3) is 0.733. The maximum absolute atomic E-state index is 7.01. The van der Waals surface area contributed by atoms with Crippen LogP contribution in [0.15, 0.2) is 20.1 Å². The molecule has 0 aliphatic heterocycles. The molecule has 5 rings (SSSR count). The third-order valence-electron chi connectivity index (χ3n) is 7.19. The third kappa shape index (κ3) is 1.71. The Balaban J connectivity index is 1.80. The van der Waals surface area contributed by atoms with Crippen LogP contribution in [0, 0.1) is 23.7 Å². The minimum Gasteiger partial charge on any atom is -0.109 e. The minimum atomic E-state index is -1.69. The van der Waals surface area contributed by atoms with Gasteiger partial charge in [0, 0.05) is 0 Å². The van der Waals surface area contributed by atoms with Crippen molar-refractivity contribution in [1.82, 2.24) is 0 Å². The molecule has 4 bridgehead atoms. The van der Waals surface area contributed by atoms with Crippen LogP contribution in [0.3, 0.4) is 0 Å². The molecule has 0 amide bonds. The minimum absolute atomic E-state index is 0.0836. The van der Waals surface area contributed by atoms with E-state index in [0.717, 1.165) is 0 Å². The molecule has 0 heterocycles. The molecule has 5 aliphatic rings. The van der Waals surface area contributed by atoms with Crippen LogP contribution in [0.5, 0.6) is 0 Å². The Morgan fingerprint density at radius 1 is 0.481 bits per heavy atom. The number of hydrogen-bond acceptors (Lipinski definition) is 0. The van der Waals surface area contributed by atoms with Gasteiger partial charge in [0.15, 0.2) is 8.67 Å². The van der Waals surface area contributed by atoms with Gasteiger partial charge in [0.05, 0.1) is 20.1 Å². The summed E-state index contributed by atoms with van der Waals surface area (Å²) in [5.41, 5.74) is 0.